The van der Waals surface area contributed by atoms with E-state index >= 15 is 0 Å². The number of fused-ring (bicyclic) bond motifs is 1. The third-order valence-electron chi connectivity index (χ3n) is 3.14. The highest BCUT2D eigenvalue weighted by molar-refractivity contribution is 8.03. The molecule has 2 aliphatic rings. The van der Waals surface area contributed by atoms with Gasteiger partial charge in [-0.15, -0.1) is 0 Å². The average Bonchev–Trinajstić information content (AvgIpc) is 2.90. The minimum atomic E-state index is -0.213. The number of benzene rings is 1. The SMILES string of the molecule is CCN1C(=C2OC(=S)N(C)C2=O)Sc2ccc(Cl)cc21. The summed E-state index contributed by atoms with van der Waals surface area (Å²) in [6, 6.07) is 5.67. The molecule has 0 unspecified atom stereocenters. The van der Waals surface area contributed by atoms with Crippen molar-refractivity contribution >= 4 is 52.3 Å². The number of halogens is 1. The van der Waals surface area contributed by atoms with Crippen molar-refractivity contribution in [3.8, 4) is 0 Å². The maximum atomic E-state index is 12.2. The molecule has 0 aromatic heterocycles. The van der Waals surface area contributed by atoms with Gasteiger partial charge in [0.05, 0.1) is 5.69 Å². The molecule has 1 amide bonds. The molecular formula is C13H11ClN2O2S2. The van der Waals surface area contributed by atoms with Crippen molar-refractivity contribution in [1.82, 2.24) is 4.90 Å². The zero-order valence-corrected chi connectivity index (χ0v) is 13.2. The number of hydrogen-bond acceptors (Lipinski definition) is 5. The Morgan fingerprint density at radius 3 is 2.80 bits per heavy atom. The molecular weight excluding hydrogens is 316 g/mol. The topological polar surface area (TPSA) is 32.8 Å². The van der Waals surface area contributed by atoms with Gasteiger partial charge in [-0.3, -0.25) is 9.69 Å². The predicted molar refractivity (Wildman–Crippen MR) is 83.8 cm³/mol. The molecule has 0 N–H and O–H groups in total. The number of likely N-dealkylation sites (N-methyl/N-ethyl adjacent to an activating group) is 1. The summed E-state index contributed by atoms with van der Waals surface area (Å²) in [7, 11) is 1.61. The van der Waals surface area contributed by atoms with Gasteiger partial charge >= 0.3 is 0 Å². The summed E-state index contributed by atoms with van der Waals surface area (Å²) >= 11 is 12.6. The molecule has 1 fully saturated rings. The summed E-state index contributed by atoms with van der Waals surface area (Å²) in [5, 5.41) is 1.62. The fourth-order valence-electron chi connectivity index (χ4n) is 2.11. The molecule has 3 rings (SSSR count). The number of rotatable bonds is 1. The summed E-state index contributed by atoms with van der Waals surface area (Å²) in [6.07, 6.45) is 0. The first-order valence-corrected chi connectivity index (χ1v) is 7.62. The van der Waals surface area contributed by atoms with Crippen molar-refractivity contribution in [1.29, 1.82) is 0 Å². The summed E-state index contributed by atoms with van der Waals surface area (Å²) in [5.41, 5.74) is 0.990. The second kappa shape index (κ2) is 4.95. The Morgan fingerprint density at radius 2 is 2.20 bits per heavy atom. The molecule has 0 aliphatic carbocycles. The largest absolute Gasteiger partial charge is 0.423 e. The van der Waals surface area contributed by atoms with Gasteiger partial charge in [0.25, 0.3) is 11.1 Å². The fraction of sp³-hybridized carbons (Fsp3) is 0.231. The zero-order valence-electron chi connectivity index (χ0n) is 10.8. The number of ether oxygens (including phenoxy) is 1. The molecule has 2 heterocycles. The molecule has 0 atom stereocenters. The van der Waals surface area contributed by atoms with Gasteiger partial charge in [0.1, 0.15) is 5.03 Å². The summed E-state index contributed by atoms with van der Waals surface area (Å²) in [4.78, 5) is 16.6. The first-order valence-electron chi connectivity index (χ1n) is 6.02. The van der Waals surface area contributed by atoms with Crippen LogP contribution in [0.25, 0.3) is 0 Å². The maximum absolute atomic E-state index is 12.2. The van der Waals surface area contributed by atoms with Crippen LogP contribution < -0.4 is 4.90 Å². The second-order valence-corrected chi connectivity index (χ2v) is 6.14. The monoisotopic (exact) mass is 326 g/mol. The van der Waals surface area contributed by atoms with Crippen molar-refractivity contribution in [2.24, 2.45) is 0 Å². The Hall–Kier alpha value is -1.24. The molecule has 4 nitrogen and oxygen atoms in total. The molecule has 20 heavy (non-hydrogen) atoms. The van der Waals surface area contributed by atoms with Crippen LogP contribution in [0.5, 0.6) is 0 Å². The van der Waals surface area contributed by atoms with E-state index in [0.717, 1.165) is 15.6 Å². The lowest BCUT2D eigenvalue weighted by atomic mass is 10.3. The van der Waals surface area contributed by atoms with Crippen LogP contribution in [0.2, 0.25) is 5.02 Å². The van der Waals surface area contributed by atoms with Gasteiger partial charge in [-0.2, -0.15) is 0 Å². The van der Waals surface area contributed by atoms with Crippen molar-refractivity contribution < 1.29 is 9.53 Å². The molecule has 104 valence electrons. The highest BCUT2D eigenvalue weighted by Gasteiger charge is 2.38. The Labute approximate surface area is 131 Å². The standard InChI is InChI=1S/C13H11ClN2O2S2/c1-3-16-8-6-7(14)4-5-9(8)20-12(16)10-11(17)15(2)13(19)18-10/h4-6H,3H2,1-2H3. The van der Waals surface area contributed by atoms with E-state index < -0.39 is 0 Å². The zero-order chi connectivity index (χ0) is 14.4. The number of carbonyl (C=O) groups is 1. The molecule has 1 aromatic carbocycles. The number of anilines is 1. The van der Waals surface area contributed by atoms with E-state index in [9.17, 15) is 4.79 Å². The van der Waals surface area contributed by atoms with E-state index in [1.165, 1.54) is 16.7 Å². The van der Waals surface area contributed by atoms with Crippen LogP contribution in [0.4, 0.5) is 5.69 Å². The van der Waals surface area contributed by atoms with E-state index in [0.29, 0.717) is 11.6 Å². The van der Waals surface area contributed by atoms with Crippen LogP contribution in [0.15, 0.2) is 33.9 Å². The predicted octanol–water partition coefficient (Wildman–Crippen LogP) is 3.21. The lowest BCUT2D eigenvalue weighted by molar-refractivity contribution is -0.122. The normalized spacial score (nSPS) is 21.6. The second-order valence-electron chi connectivity index (χ2n) is 4.32. The third-order valence-corrected chi connectivity index (χ3v) is 4.89. The van der Waals surface area contributed by atoms with Crippen molar-refractivity contribution in [3.63, 3.8) is 0 Å². The van der Waals surface area contributed by atoms with Crippen LogP contribution in [-0.2, 0) is 9.53 Å². The van der Waals surface area contributed by atoms with E-state index in [1.807, 2.05) is 30.0 Å². The Morgan fingerprint density at radius 1 is 1.45 bits per heavy atom. The summed E-state index contributed by atoms with van der Waals surface area (Å²) in [5.74, 6) is 0.0755. The highest BCUT2D eigenvalue weighted by atomic mass is 35.5. The Balaban J connectivity index is 2.10. The first-order chi connectivity index (χ1) is 9.52. The third kappa shape index (κ3) is 1.99. The Bertz CT molecular complexity index is 660. The van der Waals surface area contributed by atoms with Gasteiger partial charge in [-0.05, 0) is 37.3 Å². The van der Waals surface area contributed by atoms with Crippen LogP contribution in [-0.4, -0.2) is 29.6 Å². The van der Waals surface area contributed by atoms with Crippen LogP contribution in [0.3, 0.4) is 0 Å². The molecule has 0 spiro atoms. The molecule has 1 aromatic rings. The van der Waals surface area contributed by atoms with E-state index in [4.69, 9.17) is 28.6 Å². The molecule has 0 saturated carbocycles. The number of amides is 1. The summed E-state index contributed by atoms with van der Waals surface area (Å²) < 4.78 is 5.46. The Kier molecular flexibility index (Phi) is 3.40. The quantitative estimate of drug-likeness (QED) is 0.584. The smallest absolute Gasteiger partial charge is 0.299 e. The number of thioether (sulfide) groups is 1. The fourth-order valence-corrected chi connectivity index (χ4v) is 3.62. The minimum absolute atomic E-state index is 0.183. The first kappa shape index (κ1) is 13.7. The number of nitrogens with zero attached hydrogens (tertiary/aromatic N) is 2. The van der Waals surface area contributed by atoms with Gasteiger partial charge in [-0.25, -0.2) is 0 Å². The van der Waals surface area contributed by atoms with Crippen molar-refractivity contribution in [2.45, 2.75) is 11.8 Å². The van der Waals surface area contributed by atoms with Crippen LogP contribution in [0, 0.1) is 0 Å². The molecule has 1 saturated heterocycles. The van der Waals surface area contributed by atoms with Gasteiger partial charge in [0.2, 0.25) is 5.76 Å². The van der Waals surface area contributed by atoms with Gasteiger partial charge in [0.15, 0.2) is 0 Å². The lowest BCUT2D eigenvalue weighted by Gasteiger charge is -2.18. The number of hydrogen-bond donors (Lipinski definition) is 0. The summed E-state index contributed by atoms with van der Waals surface area (Å²) in [6.45, 7) is 2.73. The molecule has 7 heteroatoms. The number of thiocarbonyl (C=S) groups is 1. The van der Waals surface area contributed by atoms with Gasteiger partial charge < -0.3 is 9.64 Å². The van der Waals surface area contributed by atoms with Gasteiger partial charge in [0, 0.05) is 23.5 Å². The lowest BCUT2D eigenvalue weighted by Crippen LogP contribution is -2.24. The van der Waals surface area contributed by atoms with E-state index in [-0.39, 0.29) is 16.8 Å². The van der Waals surface area contributed by atoms with Crippen molar-refractivity contribution in [3.05, 3.63) is 34.0 Å². The van der Waals surface area contributed by atoms with Gasteiger partial charge in [-0.1, -0.05) is 23.4 Å². The molecule has 0 bridgehead atoms. The highest BCUT2D eigenvalue weighted by Crippen LogP contribution is 2.48. The number of carbonyl (C=O) groups excluding carboxylic acids is 1. The van der Waals surface area contributed by atoms with Crippen LogP contribution >= 0.6 is 35.6 Å². The minimum Gasteiger partial charge on any atom is -0.423 e. The van der Waals surface area contributed by atoms with Crippen LogP contribution in [0.1, 0.15) is 6.92 Å². The molecule has 2 aliphatic heterocycles. The maximum Gasteiger partial charge on any atom is 0.299 e. The van der Waals surface area contributed by atoms with Crippen molar-refractivity contribution in [2.75, 3.05) is 18.5 Å². The molecule has 0 radical (unpaired) electrons. The van der Waals surface area contributed by atoms with E-state index in [2.05, 4.69) is 0 Å². The average molecular weight is 327 g/mol. The van der Waals surface area contributed by atoms with E-state index in [1.54, 1.807) is 7.05 Å².